The highest BCUT2D eigenvalue weighted by Crippen LogP contribution is 2.34. The van der Waals surface area contributed by atoms with E-state index >= 15 is 0 Å². The maximum absolute atomic E-state index is 13.7. The predicted octanol–water partition coefficient (Wildman–Crippen LogP) is 3.92. The third-order valence-corrected chi connectivity index (χ3v) is 4.90. The molecule has 4 heterocycles. The number of aryl methyl sites for hydroxylation is 1. The quantitative estimate of drug-likeness (QED) is 0.589. The van der Waals surface area contributed by atoms with Crippen LogP contribution in [0.2, 0.25) is 0 Å². The molecular formula is C17H14F2N6S. The molecule has 0 radical (unpaired) electrons. The van der Waals surface area contributed by atoms with E-state index in [0.717, 1.165) is 23.2 Å². The summed E-state index contributed by atoms with van der Waals surface area (Å²) in [6, 6.07) is 5.17. The molecule has 0 saturated carbocycles. The maximum atomic E-state index is 13.7. The van der Waals surface area contributed by atoms with E-state index in [1.54, 1.807) is 16.9 Å². The normalized spacial score (nSPS) is 12.0. The fourth-order valence-corrected chi connectivity index (χ4v) is 3.43. The van der Waals surface area contributed by atoms with Gasteiger partial charge in [0.25, 0.3) is 5.92 Å². The molecule has 0 aliphatic heterocycles. The van der Waals surface area contributed by atoms with E-state index < -0.39 is 5.92 Å². The lowest BCUT2D eigenvalue weighted by molar-refractivity contribution is 0.0180. The van der Waals surface area contributed by atoms with Gasteiger partial charge in [0.15, 0.2) is 0 Å². The van der Waals surface area contributed by atoms with Crippen LogP contribution in [0.5, 0.6) is 0 Å². The highest BCUT2D eigenvalue weighted by atomic mass is 32.1. The summed E-state index contributed by atoms with van der Waals surface area (Å²) in [6.07, 6.45) is 4.77. The summed E-state index contributed by atoms with van der Waals surface area (Å²) in [6.45, 7) is 2.70. The van der Waals surface area contributed by atoms with Crippen LogP contribution >= 0.6 is 11.3 Å². The van der Waals surface area contributed by atoms with Gasteiger partial charge in [0, 0.05) is 36.1 Å². The van der Waals surface area contributed by atoms with Gasteiger partial charge in [-0.25, -0.2) is 23.3 Å². The van der Waals surface area contributed by atoms with E-state index in [0.29, 0.717) is 16.2 Å². The van der Waals surface area contributed by atoms with Crippen LogP contribution in [0.25, 0.3) is 26.8 Å². The molecule has 0 saturated heterocycles. The minimum absolute atomic E-state index is 0.188. The Morgan fingerprint density at radius 1 is 1.08 bits per heavy atom. The molecule has 0 unspecified atom stereocenters. The summed E-state index contributed by atoms with van der Waals surface area (Å²) in [7, 11) is 0. The molecule has 2 N–H and O–H groups in total. The Kier molecular flexibility index (Phi) is 3.69. The van der Waals surface area contributed by atoms with Gasteiger partial charge in [0.05, 0.1) is 17.5 Å². The molecule has 4 rings (SSSR count). The maximum Gasteiger partial charge on any atom is 0.274 e. The second kappa shape index (κ2) is 5.80. The number of imidazole rings is 1. The Morgan fingerprint density at radius 3 is 2.54 bits per heavy atom. The Bertz CT molecular complexity index is 1090. The molecule has 0 aliphatic carbocycles. The van der Waals surface area contributed by atoms with Crippen molar-refractivity contribution in [2.75, 3.05) is 5.73 Å². The summed E-state index contributed by atoms with van der Waals surface area (Å²) >= 11 is 1.39. The first-order valence-electron chi connectivity index (χ1n) is 7.75. The number of fused-ring (bicyclic) bond motifs is 1. The van der Waals surface area contributed by atoms with Gasteiger partial charge in [-0.15, -0.1) is 0 Å². The van der Waals surface area contributed by atoms with Crippen LogP contribution in [-0.4, -0.2) is 24.6 Å². The first-order valence-corrected chi connectivity index (χ1v) is 8.56. The van der Waals surface area contributed by atoms with Crippen molar-refractivity contribution < 1.29 is 8.78 Å². The van der Waals surface area contributed by atoms with E-state index in [1.807, 2.05) is 19.1 Å². The van der Waals surface area contributed by atoms with E-state index in [4.69, 9.17) is 5.73 Å². The second-order valence-electron chi connectivity index (χ2n) is 5.98. The smallest absolute Gasteiger partial charge is 0.274 e. The number of aromatic nitrogens is 5. The van der Waals surface area contributed by atoms with Crippen molar-refractivity contribution in [3.8, 4) is 21.8 Å². The van der Waals surface area contributed by atoms with Gasteiger partial charge in [-0.3, -0.25) is 4.98 Å². The standard InChI is InChI=1S/C17H14F2N6S/c1-9-3-4-10(6-21-9)15-24-25-13(8-23-16(25)26-15)11-5-12(17(2,18)19)14(20)22-7-11/h3-8H,1-2H3,(H2,20,22). The summed E-state index contributed by atoms with van der Waals surface area (Å²) in [5.74, 6) is -3.27. The zero-order chi connectivity index (χ0) is 18.5. The average molecular weight is 372 g/mol. The van der Waals surface area contributed by atoms with Crippen LogP contribution in [0.4, 0.5) is 14.6 Å². The third kappa shape index (κ3) is 2.80. The van der Waals surface area contributed by atoms with Crippen molar-refractivity contribution in [2.24, 2.45) is 0 Å². The lowest BCUT2D eigenvalue weighted by Gasteiger charge is -2.13. The average Bonchev–Trinajstić information content (AvgIpc) is 3.15. The number of pyridine rings is 2. The van der Waals surface area contributed by atoms with Crippen LogP contribution in [-0.2, 0) is 5.92 Å². The SMILES string of the molecule is Cc1ccc(-c2nn3c(-c4cnc(N)c(C(C)(F)F)c4)cnc3s2)cn1. The molecule has 4 aromatic rings. The molecule has 0 amide bonds. The van der Waals surface area contributed by atoms with Gasteiger partial charge in [-0.1, -0.05) is 11.3 Å². The van der Waals surface area contributed by atoms with E-state index in [-0.39, 0.29) is 11.4 Å². The molecule has 4 aromatic heterocycles. The monoisotopic (exact) mass is 372 g/mol. The number of hydrogen-bond donors (Lipinski definition) is 1. The fraction of sp³-hybridized carbons (Fsp3) is 0.176. The van der Waals surface area contributed by atoms with Gasteiger partial charge in [0.2, 0.25) is 4.96 Å². The van der Waals surface area contributed by atoms with Gasteiger partial charge in [0.1, 0.15) is 10.8 Å². The highest BCUT2D eigenvalue weighted by molar-refractivity contribution is 7.19. The zero-order valence-electron chi connectivity index (χ0n) is 13.9. The number of rotatable bonds is 3. The van der Waals surface area contributed by atoms with Crippen LogP contribution in [0.1, 0.15) is 18.2 Å². The molecule has 132 valence electrons. The summed E-state index contributed by atoms with van der Waals surface area (Å²) in [5, 5.41) is 5.29. The molecule has 0 aromatic carbocycles. The molecule has 0 fully saturated rings. The fourth-order valence-electron chi connectivity index (χ4n) is 2.57. The Morgan fingerprint density at radius 2 is 1.85 bits per heavy atom. The minimum Gasteiger partial charge on any atom is -0.383 e. The molecule has 0 spiro atoms. The van der Waals surface area contributed by atoms with Crippen molar-refractivity contribution in [3.63, 3.8) is 0 Å². The second-order valence-corrected chi connectivity index (χ2v) is 6.93. The third-order valence-electron chi connectivity index (χ3n) is 3.93. The number of alkyl halides is 2. The van der Waals surface area contributed by atoms with Crippen LogP contribution in [0.15, 0.2) is 36.8 Å². The molecule has 0 aliphatic rings. The molecule has 26 heavy (non-hydrogen) atoms. The van der Waals surface area contributed by atoms with Gasteiger partial charge >= 0.3 is 0 Å². The largest absolute Gasteiger partial charge is 0.383 e. The van der Waals surface area contributed by atoms with Crippen molar-refractivity contribution >= 4 is 22.1 Å². The van der Waals surface area contributed by atoms with E-state index in [2.05, 4.69) is 20.1 Å². The van der Waals surface area contributed by atoms with Gasteiger partial charge < -0.3 is 5.73 Å². The molecule has 6 nitrogen and oxygen atoms in total. The van der Waals surface area contributed by atoms with Crippen LogP contribution in [0.3, 0.4) is 0 Å². The Labute approximate surface area is 151 Å². The first kappa shape index (κ1) is 16.5. The van der Waals surface area contributed by atoms with Crippen molar-refractivity contribution in [2.45, 2.75) is 19.8 Å². The summed E-state index contributed by atoms with van der Waals surface area (Å²) < 4.78 is 29.1. The number of halogens is 2. The number of nitrogens with two attached hydrogens (primary N) is 1. The van der Waals surface area contributed by atoms with E-state index in [9.17, 15) is 8.78 Å². The molecular weight excluding hydrogens is 358 g/mol. The van der Waals surface area contributed by atoms with Crippen LogP contribution in [0, 0.1) is 6.92 Å². The number of anilines is 1. The lowest BCUT2D eigenvalue weighted by Crippen LogP contribution is -2.12. The van der Waals surface area contributed by atoms with E-state index in [1.165, 1.54) is 23.6 Å². The number of nitrogen functional groups attached to an aromatic ring is 1. The minimum atomic E-state index is -3.09. The van der Waals surface area contributed by atoms with Gasteiger partial charge in [-0.2, -0.15) is 5.10 Å². The zero-order valence-corrected chi connectivity index (χ0v) is 14.8. The van der Waals surface area contributed by atoms with Crippen LogP contribution < -0.4 is 5.73 Å². The summed E-state index contributed by atoms with van der Waals surface area (Å²) in [5.41, 5.74) is 8.11. The number of nitrogens with zero attached hydrogens (tertiary/aromatic N) is 5. The topological polar surface area (TPSA) is 82.0 Å². The summed E-state index contributed by atoms with van der Waals surface area (Å²) in [4.78, 5) is 13.1. The molecule has 0 bridgehead atoms. The lowest BCUT2D eigenvalue weighted by atomic mass is 10.1. The Balaban J connectivity index is 1.82. The molecule has 9 heteroatoms. The van der Waals surface area contributed by atoms with Crippen molar-refractivity contribution in [1.29, 1.82) is 0 Å². The molecule has 0 atom stereocenters. The first-order chi connectivity index (χ1) is 12.3. The number of hydrogen-bond acceptors (Lipinski definition) is 6. The van der Waals surface area contributed by atoms with Crippen molar-refractivity contribution in [3.05, 3.63) is 48.0 Å². The van der Waals surface area contributed by atoms with Gasteiger partial charge in [-0.05, 0) is 25.1 Å². The van der Waals surface area contributed by atoms with Crippen molar-refractivity contribution in [1.82, 2.24) is 24.6 Å². The Hall–Kier alpha value is -2.94. The predicted molar refractivity (Wildman–Crippen MR) is 96.0 cm³/mol. The highest BCUT2D eigenvalue weighted by Gasteiger charge is 2.28.